The lowest BCUT2D eigenvalue weighted by Gasteiger charge is -2.12. The van der Waals surface area contributed by atoms with Crippen LogP contribution in [0.5, 0.6) is 0 Å². The summed E-state index contributed by atoms with van der Waals surface area (Å²) >= 11 is 0. The van der Waals surface area contributed by atoms with Gasteiger partial charge in [0.2, 0.25) is 5.91 Å². The van der Waals surface area contributed by atoms with Crippen molar-refractivity contribution in [3.63, 3.8) is 0 Å². The molecule has 3 nitrogen and oxygen atoms in total. The Morgan fingerprint density at radius 1 is 1.09 bits per heavy atom. The van der Waals surface area contributed by atoms with Crippen molar-refractivity contribution in [3.05, 3.63) is 59.7 Å². The van der Waals surface area contributed by atoms with Crippen LogP contribution in [0.15, 0.2) is 48.5 Å². The Kier molecular flexibility index (Phi) is 5.73. The first kappa shape index (κ1) is 16.2. The van der Waals surface area contributed by atoms with Crippen molar-refractivity contribution in [2.75, 3.05) is 13.6 Å². The standard InChI is InChI=1S/C19H24N2O/c1-14-6-4-8-17(10-14)18-9-5-7-16(11-18)13-21-19(22)15(2)12-20-3/h4-11,15,20H,12-13H2,1-3H3,(H,21,22). The summed E-state index contributed by atoms with van der Waals surface area (Å²) in [6.07, 6.45) is 0. The van der Waals surface area contributed by atoms with E-state index < -0.39 is 0 Å². The van der Waals surface area contributed by atoms with Crippen molar-refractivity contribution in [2.45, 2.75) is 20.4 Å². The summed E-state index contributed by atoms with van der Waals surface area (Å²) < 4.78 is 0. The number of benzene rings is 2. The van der Waals surface area contributed by atoms with Crippen molar-refractivity contribution < 1.29 is 4.79 Å². The summed E-state index contributed by atoms with van der Waals surface area (Å²) in [5, 5.41) is 6.02. The van der Waals surface area contributed by atoms with E-state index in [1.54, 1.807) is 0 Å². The average molecular weight is 296 g/mol. The van der Waals surface area contributed by atoms with Crippen molar-refractivity contribution in [1.82, 2.24) is 10.6 Å². The zero-order valence-electron chi connectivity index (χ0n) is 13.5. The third-order valence-electron chi connectivity index (χ3n) is 3.70. The summed E-state index contributed by atoms with van der Waals surface area (Å²) in [6.45, 7) is 5.27. The van der Waals surface area contributed by atoms with Crippen molar-refractivity contribution in [1.29, 1.82) is 0 Å². The van der Waals surface area contributed by atoms with Crippen LogP contribution < -0.4 is 10.6 Å². The highest BCUT2D eigenvalue weighted by Gasteiger charge is 2.11. The minimum Gasteiger partial charge on any atom is -0.352 e. The number of aryl methyl sites for hydroxylation is 1. The highest BCUT2D eigenvalue weighted by atomic mass is 16.1. The van der Waals surface area contributed by atoms with Gasteiger partial charge in [-0.25, -0.2) is 0 Å². The third kappa shape index (κ3) is 4.43. The number of rotatable bonds is 6. The van der Waals surface area contributed by atoms with Crippen LogP contribution in [0.2, 0.25) is 0 Å². The molecule has 0 aliphatic heterocycles. The lowest BCUT2D eigenvalue weighted by Crippen LogP contribution is -2.33. The zero-order chi connectivity index (χ0) is 15.9. The van der Waals surface area contributed by atoms with Crippen LogP contribution in [0, 0.1) is 12.8 Å². The number of amides is 1. The number of carbonyl (C=O) groups is 1. The molecule has 0 saturated heterocycles. The minimum atomic E-state index is -0.0232. The summed E-state index contributed by atoms with van der Waals surface area (Å²) in [6, 6.07) is 16.8. The lowest BCUT2D eigenvalue weighted by atomic mass is 10.0. The van der Waals surface area contributed by atoms with Crippen molar-refractivity contribution >= 4 is 5.91 Å². The van der Waals surface area contributed by atoms with Gasteiger partial charge in [-0.05, 0) is 36.7 Å². The molecule has 1 atom stereocenters. The molecular weight excluding hydrogens is 272 g/mol. The lowest BCUT2D eigenvalue weighted by molar-refractivity contribution is -0.124. The molecule has 22 heavy (non-hydrogen) atoms. The molecule has 0 aliphatic rings. The predicted molar refractivity (Wildman–Crippen MR) is 91.6 cm³/mol. The second-order valence-electron chi connectivity index (χ2n) is 5.75. The van der Waals surface area contributed by atoms with E-state index in [9.17, 15) is 4.79 Å². The highest BCUT2D eigenvalue weighted by molar-refractivity contribution is 5.78. The van der Waals surface area contributed by atoms with Crippen LogP contribution in [0.1, 0.15) is 18.1 Å². The summed E-state index contributed by atoms with van der Waals surface area (Å²) in [5.41, 5.74) is 4.75. The Morgan fingerprint density at radius 2 is 1.77 bits per heavy atom. The fourth-order valence-electron chi connectivity index (χ4n) is 2.45. The summed E-state index contributed by atoms with van der Waals surface area (Å²) in [5.74, 6) is 0.0558. The molecule has 1 amide bonds. The Balaban J connectivity index is 2.04. The van der Waals surface area contributed by atoms with E-state index in [0.717, 1.165) is 5.56 Å². The van der Waals surface area contributed by atoms with Crippen LogP contribution in [-0.4, -0.2) is 19.5 Å². The summed E-state index contributed by atoms with van der Waals surface area (Å²) in [7, 11) is 1.86. The van der Waals surface area contributed by atoms with Gasteiger partial charge < -0.3 is 10.6 Å². The van der Waals surface area contributed by atoms with Gasteiger partial charge in [-0.3, -0.25) is 4.79 Å². The molecule has 3 heteroatoms. The molecule has 2 rings (SSSR count). The van der Waals surface area contributed by atoms with Gasteiger partial charge in [0.25, 0.3) is 0 Å². The smallest absolute Gasteiger partial charge is 0.224 e. The largest absolute Gasteiger partial charge is 0.352 e. The normalized spacial score (nSPS) is 12.0. The molecule has 0 aliphatic carbocycles. The number of hydrogen-bond acceptors (Lipinski definition) is 2. The minimum absolute atomic E-state index is 0.0232. The molecule has 0 aromatic heterocycles. The molecule has 0 saturated carbocycles. The first-order chi connectivity index (χ1) is 10.6. The SMILES string of the molecule is CNCC(C)C(=O)NCc1cccc(-c2cccc(C)c2)c1. The second-order valence-corrected chi connectivity index (χ2v) is 5.75. The number of nitrogens with one attached hydrogen (secondary N) is 2. The quantitative estimate of drug-likeness (QED) is 0.860. The maximum Gasteiger partial charge on any atom is 0.224 e. The van der Waals surface area contributed by atoms with E-state index >= 15 is 0 Å². The van der Waals surface area contributed by atoms with E-state index in [-0.39, 0.29) is 11.8 Å². The van der Waals surface area contributed by atoms with Gasteiger partial charge in [0, 0.05) is 19.0 Å². The van der Waals surface area contributed by atoms with Gasteiger partial charge in [0.1, 0.15) is 0 Å². The van der Waals surface area contributed by atoms with Crippen LogP contribution in [-0.2, 0) is 11.3 Å². The molecule has 0 radical (unpaired) electrons. The molecule has 0 spiro atoms. The second kappa shape index (κ2) is 7.76. The van der Waals surface area contributed by atoms with Crippen LogP contribution in [0.25, 0.3) is 11.1 Å². The van der Waals surface area contributed by atoms with Crippen LogP contribution >= 0.6 is 0 Å². The fraction of sp³-hybridized carbons (Fsp3) is 0.316. The van der Waals surface area contributed by atoms with E-state index in [0.29, 0.717) is 13.1 Å². The molecular formula is C19H24N2O. The van der Waals surface area contributed by atoms with Gasteiger partial charge in [0.05, 0.1) is 0 Å². The first-order valence-corrected chi connectivity index (χ1v) is 7.68. The predicted octanol–water partition coefficient (Wildman–Crippen LogP) is 3.13. The maximum absolute atomic E-state index is 12.0. The molecule has 2 aromatic rings. The third-order valence-corrected chi connectivity index (χ3v) is 3.70. The molecule has 1 unspecified atom stereocenters. The van der Waals surface area contributed by atoms with E-state index in [4.69, 9.17) is 0 Å². The van der Waals surface area contributed by atoms with Gasteiger partial charge in [0.15, 0.2) is 0 Å². The Bertz CT molecular complexity index is 637. The van der Waals surface area contributed by atoms with Crippen molar-refractivity contribution in [3.8, 4) is 11.1 Å². The average Bonchev–Trinajstić information content (AvgIpc) is 2.53. The van der Waals surface area contributed by atoms with Gasteiger partial charge >= 0.3 is 0 Å². The van der Waals surface area contributed by atoms with E-state index in [2.05, 4.69) is 54.0 Å². The van der Waals surface area contributed by atoms with Crippen molar-refractivity contribution in [2.24, 2.45) is 5.92 Å². The Morgan fingerprint density at radius 3 is 2.45 bits per heavy atom. The maximum atomic E-state index is 12.0. The van der Waals surface area contributed by atoms with Gasteiger partial charge in [-0.1, -0.05) is 55.0 Å². The van der Waals surface area contributed by atoms with Crippen LogP contribution in [0.3, 0.4) is 0 Å². The first-order valence-electron chi connectivity index (χ1n) is 7.68. The van der Waals surface area contributed by atoms with Gasteiger partial charge in [-0.15, -0.1) is 0 Å². The molecule has 0 fully saturated rings. The molecule has 2 aromatic carbocycles. The fourth-order valence-corrected chi connectivity index (χ4v) is 2.45. The molecule has 2 N–H and O–H groups in total. The van der Waals surface area contributed by atoms with E-state index in [1.807, 2.05) is 26.1 Å². The number of carbonyl (C=O) groups excluding carboxylic acids is 1. The molecule has 0 heterocycles. The van der Waals surface area contributed by atoms with Gasteiger partial charge in [-0.2, -0.15) is 0 Å². The highest BCUT2D eigenvalue weighted by Crippen LogP contribution is 2.21. The zero-order valence-corrected chi connectivity index (χ0v) is 13.5. The molecule has 116 valence electrons. The Labute approximate surface area is 132 Å². The monoisotopic (exact) mass is 296 g/mol. The van der Waals surface area contributed by atoms with Crippen LogP contribution in [0.4, 0.5) is 0 Å². The topological polar surface area (TPSA) is 41.1 Å². The van der Waals surface area contributed by atoms with E-state index in [1.165, 1.54) is 16.7 Å². The summed E-state index contributed by atoms with van der Waals surface area (Å²) in [4.78, 5) is 12.0. The number of hydrogen-bond donors (Lipinski definition) is 2. The molecule has 0 bridgehead atoms. The Hall–Kier alpha value is -2.13.